The summed E-state index contributed by atoms with van der Waals surface area (Å²) >= 11 is 0. The van der Waals surface area contributed by atoms with Crippen LogP contribution in [0.3, 0.4) is 0 Å². The highest BCUT2D eigenvalue weighted by molar-refractivity contribution is 5.24. The summed E-state index contributed by atoms with van der Waals surface area (Å²) in [7, 11) is 1.35. The monoisotopic (exact) mass is 289 g/mol. The molecule has 20 heavy (non-hydrogen) atoms. The molecule has 0 fully saturated rings. The number of rotatable bonds is 6. The van der Waals surface area contributed by atoms with E-state index in [1.165, 1.54) is 12.6 Å². The SMILES string of the molecule is CC(C)Cc1ccc(C(O)CN(C)CC(F)(F)F)cc1. The minimum Gasteiger partial charge on any atom is -0.387 e. The first-order valence-corrected chi connectivity index (χ1v) is 6.69. The van der Waals surface area contributed by atoms with E-state index < -0.39 is 18.8 Å². The highest BCUT2D eigenvalue weighted by atomic mass is 19.4. The zero-order valence-corrected chi connectivity index (χ0v) is 12.1. The van der Waals surface area contributed by atoms with Crippen molar-refractivity contribution in [1.29, 1.82) is 0 Å². The van der Waals surface area contributed by atoms with Crippen molar-refractivity contribution in [1.82, 2.24) is 4.90 Å². The second-order valence-electron chi connectivity index (χ2n) is 5.67. The Bertz CT molecular complexity index is 401. The van der Waals surface area contributed by atoms with Gasteiger partial charge in [0.2, 0.25) is 0 Å². The first-order chi connectivity index (χ1) is 9.17. The Balaban J connectivity index is 2.57. The summed E-state index contributed by atoms with van der Waals surface area (Å²) in [4.78, 5) is 1.08. The molecule has 5 heteroatoms. The average Bonchev–Trinajstić information content (AvgIpc) is 2.26. The molecule has 0 aliphatic rings. The largest absolute Gasteiger partial charge is 0.401 e. The highest BCUT2D eigenvalue weighted by Crippen LogP contribution is 2.19. The molecular weight excluding hydrogens is 267 g/mol. The van der Waals surface area contributed by atoms with Crippen LogP contribution in [0.15, 0.2) is 24.3 Å². The number of likely N-dealkylation sites (N-methyl/N-ethyl adjacent to an activating group) is 1. The first kappa shape index (κ1) is 17.0. The lowest BCUT2D eigenvalue weighted by Gasteiger charge is -2.22. The summed E-state index contributed by atoms with van der Waals surface area (Å²) in [5, 5.41) is 9.95. The van der Waals surface area contributed by atoms with Crippen LogP contribution in [0, 0.1) is 5.92 Å². The van der Waals surface area contributed by atoms with Crippen LogP contribution in [-0.4, -0.2) is 36.3 Å². The van der Waals surface area contributed by atoms with Gasteiger partial charge < -0.3 is 5.11 Å². The van der Waals surface area contributed by atoms with Crippen LogP contribution in [0.2, 0.25) is 0 Å². The lowest BCUT2D eigenvalue weighted by Crippen LogP contribution is -2.34. The van der Waals surface area contributed by atoms with E-state index in [1.807, 2.05) is 12.1 Å². The van der Waals surface area contributed by atoms with Crippen LogP contribution >= 0.6 is 0 Å². The Labute approximate surface area is 118 Å². The maximum atomic E-state index is 12.2. The van der Waals surface area contributed by atoms with Gasteiger partial charge in [0, 0.05) is 6.54 Å². The zero-order chi connectivity index (χ0) is 15.3. The van der Waals surface area contributed by atoms with Crippen LogP contribution in [-0.2, 0) is 6.42 Å². The molecule has 1 rings (SSSR count). The van der Waals surface area contributed by atoms with Crippen LogP contribution < -0.4 is 0 Å². The molecule has 0 aromatic heterocycles. The van der Waals surface area contributed by atoms with E-state index in [0.29, 0.717) is 11.5 Å². The lowest BCUT2D eigenvalue weighted by molar-refractivity contribution is -0.145. The highest BCUT2D eigenvalue weighted by Gasteiger charge is 2.29. The van der Waals surface area contributed by atoms with E-state index >= 15 is 0 Å². The summed E-state index contributed by atoms with van der Waals surface area (Å²) < 4.78 is 36.6. The van der Waals surface area contributed by atoms with Crippen molar-refractivity contribution in [2.45, 2.75) is 32.5 Å². The van der Waals surface area contributed by atoms with Gasteiger partial charge in [-0.1, -0.05) is 38.1 Å². The number of halogens is 3. The molecule has 0 spiro atoms. The molecule has 0 aliphatic heterocycles. The molecule has 1 aromatic rings. The fourth-order valence-corrected chi connectivity index (χ4v) is 2.12. The predicted octanol–water partition coefficient (Wildman–Crippen LogP) is 3.41. The third-order valence-corrected chi connectivity index (χ3v) is 2.94. The maximum Gasteiger partial charge on any atom is 0.401 e. The molecule has 1 aromatic carbocycles. The Morgan fingerprint density at radius 2 is 1.70 bits per heavy atom. The quantitative estimate of drug-likeness (QED) is 0.867. The molecule has 0 amide bonds. The van der Waals surface area contributed by atoms with Gasteiger partial charge in [-0.25, -0.2) is 0 Å². The van der Waals surface area contributed by atoms with Gasteiger partial charge in [0.1, 0.15) is 0 Å². The topological polar surface area (TPSA) is 23.5 Å². The minimum absolute atomic E-state index is 0.0387. The number of hydrogen-bond acceptors (Lipinski definition) is 2. The molecular formula is C15H22F3NO. The Morgan fingerprint density at radius 3 is 2.15 bits per heavy atom. The molecule has 0 heterocycles. The second kappa shape index (κ2) is 7.09. The van der Waals surface area contributed by atoms with Crippen LogP contribution in [0.5, 0.6) is 0 Å². The lowest BCUT2D eigenvalue weighted by atomic mass is 10.00. The van der Waals surface area contributed by atoms with Crippen LogP contribution in [0.1, 0.15) is 31.1 Å². The van der Waals surface area contributed by atoms with Crippen molar-refractivity contribution in [3.05, 3.63) is 35.4 Å². The molecule has 0 aliphatic carbocycles. The van der Waals surface area contributed by atoms with E-state index in [0.717, 1.165) is 11.3 Å². The van der Waals surface area contributed by atoms with Gasteiger partial charge >= 0.3 is 6.18 Å². The number of hydrogen-bond donors (Lipinski definition) is 1. The van der Waals surface area contributed by atoms with E-state index in [1.54, 1.807) is 12.1 Å². The summed E-state index contributed by atoms with van der Waals surface area (Å²) in [6, 6.07) is 7.40. The number of aliphatic hydroxyl groups excluding tert-OH is 1. The summed E-state index contributed by atoms with van der Waals surface area (Å²) in [5.74, 6) is 0.545. The third-order valence-electron chi connectivity index (χ3n) is 2.94. The number of alkyl halides is 3. The fraction of sp³-hybridized carbons (Fsp3) is 0.600. The maximum absolute atomic E-state index is 12.2. The fourth-order valence-electron chi connectivity index (χ4n) is 2.12. The number of benzene rings is 1. The van der Waals surface area contributed by atoms with Gasteiger partial charge in [0.05, 0.1) is 12.6 Å². The van der Waals surface area contributed by atoms with Gasteiger partial charge in [-0.15, -0.1) is 0 Å². The van der Waals surface area contributed by atoms with E-state index in [-0.39, 0.29) is 6.54 Å². The molecule has 0 bridgehead atoms. The Hall–Kier alpha value is -1.07. The van der Waals surface area contributed by atoms with Gasteiger partial charge in [0.15, 0.2) is 0 Å². The van der Waals surface area contributed by atoms with Crippen LogP contribution in [0.4, 0.5) is 13.2 Å². The second-order valence-corrected chi connectivity index (χ2v) is 5.67. The Morgan fingerprint density at radius 1 is 1.15 bits per heavy atom. The zero-order valence-electron chi connectivity index (χ0n) is 12.1. The summed E-state index contributed by atoms with van der Waals surface area (Å²) in [6.45, 7) is 3.18. The standard InChI is InChI=1S/C15H22F3NO/c1-11(2)8-12-4-6-13(7-5-12)14(20)9-19(3)10-15(16,17)18/h4-7,11,14,20H,8-10H2,1-3H3. The van der Waals surface area contributed by atoms with Gasteiger partial charge in [0.25, 0.3) is 0 Å². The molecule has 114 valence electrons. The number of aliphatic hydroxyl groups is 1. The molecule has 1 N–H and O–H groups in total. The molecule has 0 saturated carbocycles. The van der Waals surface area contributed by atoms with Gasteiger partial charge in [-0.2, -0.15) is 13.2 Å². The summed E-state index contributed by atoms with van der Waals surface area (Å²) in [5.41, 5.74) is 1.81. The molecule has 1 atom stereocenters. The summed E-state index contributed by atoms with van der Waals surface area (Å²) in [6.07, 6.45) is -4.20. The molecule has 0 radical (unpaired) electrons. The number of nitrogens with zero attached hydrogens (tertiary/aromatic N) is 1. The average molecular weight is 289 g/mol. The van der Waals surface area contributed by atoms with Gasteiger partial charge in [-0.3, -0.25) is 4.90 Å². The molecule has 1 unspecified atom stereocenters. The first-order valence-electron chi connectivity index (χ1n) is 6.69. The molecule has 2 nitrogen and oxygen atoms in total. The van der Waals surface area contributed by atoms with Crippen molar-refractivity contribution in [3.8, 4) is 0 Å². The van der Waals surface area contributed by atoms with Crippen molar-refractivity contribution in [2.75, 3.05) is 20.1 Å². The van der Waals surface area contributed by atoms with Crippen LogP contribution in [0.25, 0.3) is 0 Å². The smallest absolute Gasteiger partial charge is 0.387 e. The van der Waals surface area contributed by atoms with Gasteiger partial charge in [-0.05, 0) is 30.5 Å². The van der Waals surface area contributed by atoms with Crippen molar-refractivity contribution < 1.29 is 18.3 Å². The Kier molecular flexibility index (Phi) is 6.02. The van der Waals surface area contributed by atoms with Crippen molar-refractivity contribution >= 4 is 0 Å². The van der Waals surface area contributed by atoms with E-state index in [4.69, 9.17) is 0 Å². The van der Waals surface area contributed by atoms with Crippen molar-refractivity contribution in [2.24, 2.45) is 5.92 Å². The third kappa shape index (κ3) is 6.39. The molecule has 0 saturated heterocycles. The normalized spacial score (nSPS) is 14.1. The van der Waals surface area contributed by atoms with Crippen molar-refractivity contribution in [3.63, 3.8) is 0 Å². The van der Waals surface area contributed by atoms with E-state index in [9.17, 15) is 18.3 Å². The van der Waals surface area contributed by atoms with E-state index in [2.05, 4.69) is 13.8 Å². The predicted molar refractivity (Wildman–Crippen MR) is 73.5 cm³/mol. The minimum atomic E-state index is -4.24.